The largest absolute Gasteiger partial charge is 0.411 e. The molecule has 0 amide bonds. The summed E-state index contributed by atoms with van der Waals surface area (Å²) in [4.78, 5) is 0. The summed E-state index contributed by atoms with van der Waals surface area (Å²) in [6.45, 7) is 16.2. The van der Waals surface area contributed by atoms with Gasteiger partial charge in [-0.3, -0.25) is 0 Å². The highest BCUT2D eigenvalue weighted by atomic mass is 28.4. The lowest BCUT2D eigenvalue weighted by Gasteiger charge is -2.44. The maximum Gasteiger partial charge on any atom is 0.192 e. The Balaban J connectivity index is 2.92. The van der Waals surface area contributed by atoms with Crippen LogP contribution in [0.25, 0.3) is 0 Å². The summed E-state index contributed by atoms with van der Waals surface area (Å²) in [6.07, 6.45) is 2.60. The fourth-order valence-electron chi connectivity index (χ4n) is 2.24. The van der Waals surface area contributed by atoms with Crippen LogP contribution in [0.3, 0.4) is 0 Å². The van der Waals surface area contributed by atoms with Crippen molar-refractivity contribution in [3.8, 4) is 6.07 Å². The van der Waals surface area contributed by atoms with E-state index in [1.807, 2.05) is 6.92 Å². The van der Waals surface area contributed by atoms with Crippen molar-refractivity contribution < 1.29 is 9.16 Å². The van der Waals surface area contributed by atoms with Crippen LogP contribution in [-0.2, 0) is 9.16 Å². The number of nitrogens with zero attached hydrogens (tertiary/aromatic N) is 1. The zero-order valence-electron chi connectivity index (χ0n) is 14.0. The molecule has 1 rings (SSSR count). The van der Waals surface area contributed by atoms with Gasteiger partial charge in [-0.2, -0.15) is 5.26 Å². The second-order valence-electron chi connectivity index (χ2n) is 7.53. The average Bonchev–Trinajstić information content (AvgIpc) is 2.27. The first-order valence-corrected chi connectivity index (χ1v) is 10.3. The molecule has 0 aliphatic carbocycles. The van der Waals surface area contributed by atoms with Gasteiger partial charge >= 0.3 is 0 Å². The van der Waals surface area contributed by atoms with Crippen LogP contribution in [0, 0.1) is 17.2 Å². The van der Waals surface area contributed by atoms with Crippen LogP contribution < -0.4 is 0 Å². The van der Waals surface area contributed by atoms with E-state index in [0.717, 1.165) is 18.6 Å². The zero-order chi connectivity index (χ0) is 15.6. The van der Waals surface area contributed by atoms with Crippen molar-refractivity contribution in [2.75, 3.05) is 6.61 Å². The predicted molar refractivity (Wildman–Crippen MR) is 85.0 cm³/mol. The van der Waals surface area contributed by atoms with E-state index in [1.54, 1.807) is 6.08 Å². The predicted octanol–water partition coefficient (Wildman–Crippen LogP) is 4.27. The molecule has 1 fully saturated rings. The van der Waals surface area contributed by atoms with Crippen LogP contribution in [-0.4, -0.2) is 27.1 Å². The Hall–Kier alpha value is -0.633. The van der Waals surface area contributed by atoms with Gasteiger partial charge in [-0.25, -0.2) is 0 Å². The Morgan fingerprint density at radius 2 is 2.00 bits per heavy atom. The van der Waals surface area contributed by atoms with Gasteiger partial charge in [0.1, 0.15) is 6.10 Å². The van der Waals surface area contributed by atoms with Crippen LogP contribution in [0.15, 0.2) is 11.6 Å². The maximum atomic E-state index is 8.85. The van der Waals surface area contributed by atoms with Crippen molar-refractivity contribution in [2.45, 2.75) is 71.4 Å². The Morgan fingerprint density at radius 1 is 1.40 bits per heavy atom. The highest BCUT2D eigenvalue weighted by molar-refractivity contribution is 6.74. The summed E-state index contributed by atoms with van der Waals surface area (Å²) in [5.74, 6) is 0.510. The van der Waals surface area contributed by atoms with Crippen molar-refractivity contribution in [1.82, 2.24) is 0 Å². The molecule has 0 aromatic carbocycles. The number of hydrogen-bond donors (Lipinski definition) is 0. The summed E-state index contributed by atoms with van der Waals surface area (Å²) >= 11 is 0. The van der Waals surface area contributed by atoms with E-state index >= 15 is 0 Å². The summed E-state index contributed by atoms with van der Waals surface area (Å²) in [5, 5.41) is 9.04. The van der Waals surface area contributed by atoms with Gasteiger partial charge in [-0.15, -0.1) is 0 Å². The van der Waals surface area contributed by atoms with Crippen molar-refractivity contribution in [3.63, 3.8) is 0 Å². The third-order valence-corrected chi connectivity index (χ3v) is 9.03. The first-order chi connectivity index (χ1) is 9.08. The highest BCUT2D eigenvalue weighted by Gasteiger charge is 2.42. The monoisotopic (exact) mass is 295 g/mol. The second-order valence-corrected chi connectivity index (χ2v) is 12.3. The minimum Gasteiger partial charge on any atom is -0.411 e. The molecule has 0 aromatic rings. The fourth-order valence-corrected chi connectivity index (χ4v) is 3.57. The second kappa shape index (κ2) is 6.42. The fraction of sp³-hybridized carbons (Fsp3) is 0.812. The standard InChI is InChI=1S/C16H29NO2Si/c1-12-10-14(19-20(6,7)16(3,4)5)15(18-11-12)13(2)8-9-17/h8,12,14-15H,10-11H2,1-7H3/b13-8+/t12-,14-,15+/m1/s1. The van der Waals surface area contributed by atoms with E-state index in [4.69, 9.17) is 14.4 Å². The number of rotatable bonds is 3. The van der Waals surface area contributed by atoms with Gasteiger partial charge in [0, 0.05) is 6.08 Å². The molecule has 1 saturated heterocycles. The Morgan fingerprint density at radius 3 is 2.50 bits per heavy atom. The molecular weight excluding hydrogens is 266 g/mol. The van der Waals surface area contributed by atoms with E-state index < -0.39 is 8.32 Å². The van der Waals surface area contributed by atoms with Gasteiger partial charge in [-0.05, 0) is 43.0 Å². The Kier molecular flexibility index (Phi) is 5.59. The molecule has 0 N–H and O–H groups in total. The minimum absolute atomic E-state index is 0.0695. The van der Waals surface area contributed by atoms with Gasteiger partial charge < -0.3 is 9.16 Å². The molecule has 114 valence electrons. The maximum absolute atomic E-state index is 8.85. The summed E-state index contributed by atoms with van der Waals surface area (Å²) in [7, 11) is -1.82. The average molecular weight is 295 g/mol. The molecule has 0 bridgehead atoms. The van der Waals surface area contributed by atoms with E-state index in [-0.39, 0.29) is 17.2 Å². The van der Waals surface area contributed by atoms with Crippen LogP contribution in [0.1, 0.15) is 41.0 Å². The molecule has 3 atom stereocenters. The molecule has 0 unspecified atom stereocenters. The van der Waals surface area contributed by atoms with Crippen LogP contribution in [0.2, 0.25) is 18.1 Å². The van der Waals surface area contributed by atoms with Crippen molar-refractivity contribution >= 4 is 8.32 Å². The van der Waals surface area contributed by atoms with E-state index in [1.165, 1.54) is 0 Å². The molecular formula is C16H29NO2Si. The lowest BCUT2D eigenvalue weighted by Crippen LogP contribution is -2.50. The molecule has 0 spiro atoms. The van der Waals surface area contributed by atoms with Crippen LogP contribution in [0.5, 0.6) is 0 Å². The highest BCUT2D eigenvalue weighted by Crippen LogP contribution is 2.40. The first kappa shape index (κ1) is 17.4. The molecule has 3 nitrogen and oxygen atoms in total. The van der Waals surface area contributed by atoms with Gasteiger partial charge in [0.15, 0.2) is 8.32 Å². The zero-order valence-corrected chi connectivity index (χ0v) is 15.0. The van der Waals surface area contributed by atoms with Crippen molar-refractivity contribution in [3.05, 3.63) is 11.6 Å². The molecule has 1 aliphatic heterocycles. The Bertz CT molecular complexity index is 404. The SMILES string of the molecule is C/C(=C\C#N)[C@@H]1OC[C@H](C)C[C@H]1O[Si](C)(C)C(C)(C)C. The van der Waals surface area contributed by atoms with Gasteiger partial charge in [0.2, 0.25) is 0 Å². The third-order valence-electron chi connectivity index (χ3n) is 4.53. The van der Waals surface area contributed by atoms with Crippen molar-refractivity contribution in [1.29, 1.82) is 5.26 Å². The molecule has 20 heavy (non-hydrogen) atoms. The molecule has 1 heterocycles. The van der Waals surface area contributed by atoms with Crippen molar-refractivity contribution in [2.24, 2.45) is 5.92 Å². The first-order valence-electron chi connectivity index (χ1n) is 7.44. The number of nitriles is 1. The number of hydrogen-bond acceptors (Lipinski definition) is 3. The molecule has 0 aromatic heterocycles. The van der Waals surface area contributed by atoms with Gasteiger partial charge in [-0.1, -0.05) is 27.7 Å². The van der Waals surface area contributed by atoms with E-state index in [2.05, 4.69) is 46.9 Å². The van der Waals surface area contributed by atoms with Gasteiger partial charge in [0.05, 0.1) is 18.8 Å². The normalized spacial score (nSPS) is 29.1. The molecule has 0 saturated carbocycles. The van der Waals surface area contributed by atoms with Gasteiger partial charge in [0.25, 0.3) is 0 Å². The van der Waals surface area contributed by atoms with E-state index in [0.29, 0.717) is 5.92 Å². The van der Waals surface area contributed by atoms with Crippen LogP contribution in [0.4, 0.5) is 0 Å². The molecule has 0 radical (unpaired) electrons. The summed E-state index contributed by atoms with van der Waals surface area (Å²) in [6, 6.07) is 2.10. The van der Waals surface area contributed by atoms with Crippen LogP contribution >= 0.6 is 0 Å². The molecule has 1 aliphatic rings. The van der Waals surface area contributed by atoms with E-state index in [9.17, 15) is 0 Å². The minimum atomic E-state index is -1.82. The lowest BCUT2D eigenvalue weighted by molar-refractivity contribution is -0.0705. The Labute approximate surface area is 125 Å². The summed E-state index contributed by atoms with van der Waals surface area (Å²) < 4.78 is 12.5. The topological polar surface area (TPSA) is 42.2 Å². The lowest BCUT2D eigenvalue weighted by atomic mass is 9.93. The third kappa shape index (κ3) is 4.18. The number of allylic oxidation sites excluding steroid dienone is 1. The molecule has 4 heteroatoms. The smallest absolute Gasteiger partial charge is 0.192 e. The number of ether oxygens (including phenoxy) is 1. The quantitative estimate of drug-likeness (QED) is 0.577. The summed E-state index contributed by atoms with van der Waals surface area (Å²) in [5.41, 5.74) is 0.975.